The van der Waals surface area contributed by atoms with E-state index in [-0.39, 0.29) is 11.9 Å². The number of alkyl halides is 1. The summed E-state index contributed by atoms with van der Waals surface area (Å²) in [6.45, 7) is 5.70. The Labute approximate surface area is 116 Å². The first kappa shape index (κ1) is 14.5. The molecular weight excluding hydrogens is 302 g/mol. The molecule has 0 aromatic heterocycles. The molecule has 0 aliphatic rings. The van der Waals surface area contributed by atoms with Gasteiger partial charge in [0, 0.05) is 12.1 Å². The lowest BCUT2D eigenvalue weighted by atomic mass is 10.1. The highest BCUT2D eigenvalue weighted by atomic mass is 79.9. The average Bonchev–Trinajstić information content (AvgIpc) is 2.26. The first-order valence-electron chi connectivity index (χ1n) is 5.45. The van der Waals surface area contributed by atoms with Crippen LogP contribution in [0.5, 0.6) is 0 Å². The Bertz CT molecular complexity index is 397. The normalized spacial score (nSPS) is 13.3. The summed E-state index contributed by atoms with van der Waals surface area (Å²) in [5, 5.41) is 0.704. The van der Waals surface area contributed by atoms with E-state index in [0.717, 1.165) is 5.56 Å². The Morgan fingerprint density at radius 3 is 2.24 bits per heavy atom. The lowest BCUT2D eigenvalue weighted by molar-refractivity contribution is -0.133. The predicted octanol–water partition coefficient (Wildman–Crippen LogP) is 4.03. The zero-order valence-corrected chi connectivity index (χ0v) is 12.8. The molecule has 0 fully saturated rings. The fourth-order valence-corrected chi connectivity index (χ4v) is 1.97. The van der Waals surface area contributed by atoms with Crippen molar-refractivity contribution in [3.8, 4) is 0 Å². The van der Waals surface area contributed by atoms with E-state index in [1.165, 1.54) is 0 Å². The third-order valence-corrected chi connectivity index (χ3v) is 3.35. The van der Waals surface area contributed by atoms with Crippen LogP contribution in [0.2, 0.25) is 5.02 Å². The first-order chi connectivity index (χ1) is 7.73. The highest BCUT2D eigenvalue weighted by molar-refractivity contribution is 9.10. The van der Waals surface area contributed by atoms with Gasteiger partial charge in [-0.25, -0.2) is 0 Å². The summed E-state index contributed by atoms with van der Waals surface area (Å²) >= 11 is 9.23. The van der Waals surface area contributed by atoms with E-state index in [0.29, 0.717) is 5.02 Å². The molecule has 94 valence electrons. The van der Waals surface area contributed by atoms with Gasteiger partial charge < -0.3 is 4.90 Å². The third-order valence-electron chi connectivity index (χ3n) is 2.76. The average molecular weight is 319 g/mol. The molecule has 1 amide bonds. The topological polar surface area (TPSA) is 20.3 Å². The van der Waals surface area contributed by atoms with Gasteiger partial charge in [-0.3, -0.25) is 4.79 Å². The van der Waals surface area contributed by atoms with Crippen LogP contribution in [-0.4, -0.2) is 22.2 Å². The second kappa shape index (κ2) is 5.40. The van der Waals surface area contributed by atoms with Gasteiger partial charge in [0.05, 0.1) is 10.4 Å². The number of hydrogen-bond donors (Lipinski definition) is 0. The van der Waals surface area contributed by atoms with Crippen LogP contribution in [0.15, 0.2) is 24.3 Å². The highest BCUT2D eigenvalue weighted by Crippen LogP contribution is 2.26. The van der Waals surface area contributed by atoms with Crippen LogP contribution in [0.25, 0.3) is 0 Å². The van der Waals surface area contributed by atoms with Crippen molar-refractivity contribution in [2.24, 2.45) is 0 Å². The van der Waals surface area contributed by atoms with Gasteiger partial charge in [-0.1, -0.05) is 39.7 Å². The van der Waals surface area contributed by atoms with E-state index in [4.69, 9.17) is 11.6 Å². The molecule has 2 nitrogen and oxygen atoms in total. The lowest BCUT2D eigenvalue weighted by Crippen LogP contribution is -2.40. The maximum absolute atomic E-state index is 12.1. The minimum absolute atomic E-state index is 0.0246. The summed E-state index contributed by atoms with van der Waals surface area (Å²) in [6, 6.07) is 7.59. The second-order valence-electron chi connectivity index (χ2n) is 4.62. The van der Waals surface area contributed by atoms with Crippen molar-refractivity contribution < 1.29 is 4.79 Å². The van der Waals surface area contributed by atoms with E-state index in [1.807, 2.05) is 52.1 Å². The number of nitrogens with zero attached hydrogens (tertiary/aromatic N) is 1. The standard InChI is InChI=1S/C13H17BrClNO/c1-9(10-5-7-11(15)8-6-10)16(4)12(17)13(2,3)14/h5-9H,1-4H3. The number of carbonyl (C=O) groups excluding carboxylic acids is 1. The van der Waals surface area contributed by atoms with Crippen LogP contribution >= 0.6 is 27.5 Å². The predicted molar refractivity (Wildman–Crippen MR) is 75.6 cm³/mol. The molecule has 1 unspecified atom stereocenters. The summed E-state index contributed by atoms with van der Waals surface area (Å²) in [5.74, 6) is 0.0555. The van der Waals surface area contributed by atoms with E-state index >= 15 is 0 Å². The van der Waals surface area contributed by atoms with E-state index < -0.39 is 4.32 Å². The number of amides is 1. The highest BCUT2D eigenvalue weighted by Gasteiger charge is 2.29. The molecule has 1 atom stereocenters. The Hall–Kier alpha value is -0.540. The Morgan fingerprint density at radius 2 is 1.82 bits per heavy atom. The molecule has 0 saturated carbocycles. The molecule has 0 saturated heterocycles. The monoisotopic (exact) mass is 317 g/mol. The van der Waals surface area contributed by atoms with Crippen LogP contribution in [-0.2, 0) is 4.79 Å². The molecular formula is C13H17BrClNO. The molecule has 0 radical (unpaired) electrons. The van der Waals surface area contributed by atoms with Gasteiger partial charge in [0.2, 0.25) is 5.91 Å². The van der Waals surface area contributed by atoms with E-state index in [9.17, 15) is 4.79 Å². The van der Waals surface area contributed by atoms with Crippen molar-refractivity contribution >= 4 is 33.4 Å². The Kier molecular flexibility index (Phi) is 4.62. The van der Waals surface area contributed by atoms with Crippen molar-refractivity contribution in [2.75, 3.05) is 7.05 Å². The largest absolute Gasteiger partial charge is 0.338 e. The van der Waals surface area contributed by atoms with Crippen LogP contribution in [0.3, 0.4) is 0 Å². The van der Waals surface area contributed by atoms with Gasteiger partial charge in [-0.2, -0.15) is 0 Å². The molecule has 1 aromatic rings. The molecule has 0 N–H and O–H groups in total. The van der Waals surface area contributed by atoms with Crippen LogP contribution < -0.4 is 0 Å². The van der Waals surface area contributed by atoms with Gasteiger partial charge in [0.15, 0.2) is 0 Å². The van der Waals surface area contributed by atoms with Gasteiger partial charge in [-0.05, 0) is 38.5 Å². The molecule has 0 aliphatic heterocycles. The first-order valence-corrected chi connectivity index (χ1v) is 6.62. The lowest BCUT2D eigenvalue weighted by Gasteiger charge is -2.30. The second-order valence-corrected chi connectivity index (χ2v) is 7.03. The maximum Gasteiger partial charge on any atom is 0.239 e. The van der Waals surface area contributed by atoms with Crippen molar-refractivity contribution in [1.29, 1.82) is 0 Å². The molecule has 0 bridgehead atoms. The fourth-order valence-electron chi connectivity index (χ4n) is 1.56. The van der Waals surface area contributed by atoms with Gasteiger partial charge >= 0.3 is 0 Å². The Morgan fingerprint density at radius 1 is 1.35 bits per heavy atom. The van der Waals surface area contributed by atoms with Crippen LogP contribution in [0, 0.1) is 0 Å². The molecule has 4 heteroatoms. The summed E-state index contributed by atoms with van der Waals surface area (Å²) in [6.07, 6.45) is 0. The van der Waals surface area contributed by atoms with Crippen LogP contribution in [0.1, 0.15) is 32.4 Å². The van der Waals surface area contributed by atoms with E-state index in [1.54, 1.807) is 4.90 Å². The zero-order chi connectivity index (χ0) is 13.2. The molecule has 1 rings (SSSR count). The summed E-state index contributed by atoms with van der Waals surface area (Å²) < 4.78 is -0.539. The molecule has 0 aliphatic carbocycles. The number of hydrogen-bond acceptors (Lipinski definition) is 1. The minimum Gasteiger partial charge on any atom is -0.338 e. The molecule has 1 aromatic carbocycles. The SMILES string of the molecule is CC(c1ccc(Cl)cc1)N(C)C(=O)C(C)(C)Br. The number of halogens is 2. The van der Waals surface area contributed by atoms with E-state index in [2.05, 4.69) is 15.9 Å². The zero-order valence-electron chi connectivity index (χ0n) is 10.5. The van der Waals surface area contributed by atoms with Crippen molar-refractivity contribution in [3.63, 3.8) is 0 Å². The van der Waals surface area contributed by atoms with Crippen molar-refractivity contribution in [3.05, 3.63) is 34.9 Å². The fraction of sp³-hybridized carbons (Fsp3) is 0.462. The summed E-state index contributed by atoms with van der Waals surface area (Å²) in [4.78, 5) is 13.8. The molecule has 17 heavy (non-hydrogen) atoms. The van der Waals surface area contributed by atoms with Crippen molar-refractivity contribution in [1.82, 2.24) is 4.90 Å². The number of carbonyl (C=O) groups is 1. The number of rotatable bonds is 3. The Balaban J connectivity index is 2.87. The summed E-state index contributed by atoms with van der Waals surface area (Å²) in [7, 11) is 1.81. The van der Waals surface area contributed by atoms with Gasteiger partial charge in [0.25, 0.3) is 0 Å². The van der Waals surface area contributed by atoms with Crippen molar-refractivity contribution in [2.45, 2.75) is 31.1 Å². The molecule has 0 spiro atoms. The maximum atomic E-state index is 12.1. The third kappa shape index (κ3) is 3.71. The molecule has 0 heterocycles. The number of benzene rings is 1. The minimum atomic E-state index is -0.539. The van der Waals surface area contributed by atoms with Crippen LogP contribution in [0.4, 0.5) is 0 Å². The van der Waals surface area contributed by atoms with Gasteiger partial charge in [-0.15, -0.1) is 0 Å². The summed E-state index contributed by atoms with van der Waals surface area (Å²) in [5.41, 5.74) is 1.07. The smallest absolute Gasteiger partial charge is 0.239 e. The van der Waals surface area contributed by atoms with Gasteiger partial charge in [0.1, 0.15) is 0 Å². The quantitative estimate of drug-likeness (QED) is 0.770.